The average Bonchev–Trinajstić information content (AvgIpc) is 3.47. The van der Waals surface area contributed by atoms with Crippen LogP contribution in [0.5, 0.6) is 11.5 Å². The molecule has 2 unspecified atom stereocenters. The lowest BCUT2D eigenvalue weighted by atomic mass is 9.98. The summed E-state index contributed by atoms with van der Waals surface area (Å²) in [4.78, 5) is 28.9. The van der Waals surface area contributed by atoms with Crippen LogP contribution in [0.4, 0.5) is 0 Å². The first-order chi connectivity index (χ1) is 16.7. The normalized spacial score (nSPS) is 19.5. The summed E-state index contributed by atoms with van der Waals surface area (Å²) in [6.07, 6.45) is 1.79. The smallest absolute Gasteiger partial charge is 0.291 e. The number of fused-ring (bicyclic) bond motifs is 2. The van der Waals surface area contributed by atoms with Gasteiger partial charge in [0.05, 0.1) is 23.1 Å². The van der Waals surface area contributed by atoms with Crippen molar-refractivity contribution in [2.45, 2.75) is 25.0 Å². The topological polar surface area (TPSA) is 69.0 Å². The highest BCUT2D eigenvalue weighted by Crippen LogP contribution is 2.40. The predicted molar refractivity (Wildman–Crippen MR) is 127 cm³/mol. The Morgan fingerprint density at radius 3 is 2.53 bits per heavy atom. The standard InChI is InChI=1S/C28H23NO5/c30-26-22-13-4-5-14-23(22)34-27-24(26)25(29(28(27)31)17-21-12-7-15-32-21)18-8-6-11-20(16-18)33-19-9-2-1-3-10-19/h1-6,8-11,13-14,16,21,25H,7,12,15,17H2. The van der Waals surface area contributed by atoms with E-state index >= 15 is 0 Å². The molecule has 1 saturated heterocycles. The lowest BCUT2D eigenvalue weighted by Gasteiger charge is -2.27. The van der Waals surface area contributed by atoms with Crippen molar-refractivity contribution in [3.8, 4) is 11.5 Å². The summed E-state index contributed by atoms with van der Waals surface area (Å²) < 4.78 is 17.9. The van der Waals surface area contributed by atoms with E-state index in [1.54, 1.807) is 29.2 Å². The van der Waals surface area contributed by atoms with Gasteiger partial charge in [-0.25, -0.2) is 0 Å². The number of carbonyl (C=O) groups is 1. The van der Waals surface area contributed by atoms with Gasteiger partial charge in [-0.15, -0.1) is 0 Å². The molecule has 2 aliphatic rings. The Balaban J connectivity index is 1.47. The molecule has 0 aliphatic carbocycles. The van der Waals surface area contributed by atoms with E-state index in [2.05, 4.69) is 0 Å². The SMILES string of the molecule is O=C1c2oc3ccccc3c(=O)c2C(c2cccc(Oc3ccccc3)c2)N1CC1CCCO1. The van der Waals surface area contributed by atoms with Gasteiger partial charge in [-0.3, -0.25) is 9.59 Å². The van der Waals surface area contributed by atoms with E-state index in [4.69, 9.17) is 13.9 Å². The Hall–Kier alpha value is -3.90. The zero-order chi connectivity index (χ0) is 23.1. The molecule has 6 nitrogen and oxygen atoms in total. The minimum Gasteiger partial charge on any atom is -0.457 e. The van der Waals surface area contributed by atoms with Gasteiger partial charge in [0.1, 0.15) is 17.1 Å². The highest BCUT2D eigenvalue weighted by molar-refractivity contribution is 5.99. The van der Waals surface area contributed by atoms with Crippen molar-refractivity contribution < 1.29 is 18.7 Å². The molecule has 0 spiro atoms. The van der Waals surface area contributed by atoms with E-state index in [0.29, 0.717) is 41.2 Å². The third kappa shape index (κ3) is 3.56. The Bertz CT molecular complexity index is 1420. The molecule has 6 heteroatoms. The van der Waals surface area contributed by atoms with Crippen molar-refractivity contribution in [1.82, 2.24) is 4.90 Å². The molecule has 6 rings (SSSR count). The van der Waals surface area contributed by atoms with Crippen molar-refractivity contribution in [1.29, 1.82) is 0 Å². The molecule has 1 amide bonds. The third-order valence-corrected chi connectivity index (χ3v) is 6.45. The number of benzene rings is 3. The molecule has 2 aliphatic heterocycles. The van der Waals surface area contributed by atoms with E-state index < -0.39 is 6.04 Å². The van der Waals surface area contributed by atoms with E-state index in [9.17, 15) is 9.59 Å². The molecular formula is C28H23NO5. The summed E-state index contributed by atoms with van der Waals surface area (Å²) in [5.41, 5.74) is 1.40. The van der Waals surface area contributed by atoms with E-state index in [1.165, 1.54) is 0 Å². The predicted octanol–water partition coefficient (Wildman–Crippen LogP) is 5.31. The summed E-state index contributed by atoms with van der Waals surface area (Å²) >= 11 is 0. The Morgan fingerprint density at radius 2 is 1.71 bits per heavy atom. The molecule has 1 fully saturated rings. The van der Waals surface area contributed by atoms with Crippen LogP contribution in [0.25, 0.3) is 11.0 Å². The quantitative estimate of drug-likeness (QED) is 0.410. The maximum absolute atomic E-state index is 13.6. The van der Waals surface area contributed by atoms with Crippen LogP contribution in [0, 0.1) is 0 Å². The van der Waals surface area contributed by atoms with Crippen molar-refractivity contribution in [3.05, 3.63) is 106 Å². The second-order valence-electron chi connectivity index (χ2n) is 8.65. The summed E-state index contributed by atoms with van der Waals surface area (Å²) in [5.74, 6) is 1.17. The van der Waals surface area contributed by atoms with Crippen molar-refractivity contribution in [2.24, 2.45) is 0 Å². The van der Waals surface area contributed by atoms with Crippen molar-refractivity contribution >= 4 is 16.9 Å². The van der Waals surface area contributed by atoms with E-state index in [-0.39, 0.29) is 23.2 Å². The van der Waals surface area contributed by atoms with Crippen LogP contribution in [-0.2, 0) is 4.74 Å². The van der Waals surface area contributed by atoms with Crippen LogP contribution in [0.3, 0.4) is 0 Å². The summed E-state index contributed by atoms with van der Waals surface area (Å²) in [7, 11) is 0. The van der Waals surface area contributed by atoms with Gasteiger partial charge in [-0.05, 0) is 54.8 Å². The van der Waals surface area contributed by atoms with Gasteiger partial charge in [0.25, 0.3) is 5.91 Å². The first-order valence-corrected chi connectivity index (χ1v) is 11.5. The zero-order valence-corrected chi connectivity index (χ0v) is 18.5. The summed E-state index contributed by atoms with van der Waals surface area (Å²) in [5, 5.41) is 0.467. The first-order valence-electron chi connectivity index (χ1n) is 11.5. The molecule has 0 N–H and O–H groups in total. The lowest BCUT2D eigenvalue weighted by Crippen LogP contribution is -2.36. The molecule has 0 saturated carbocycles. The van der Waals surface area contributed by atoms with Crippen LogP contribution in [-0.4, -0.2) is 30.1 Å². The molecule has 3 aromatic carbocycles. The van der Waals surface area contributed by atoms with Gasteiger partial charge < -0.3 is 18.8 Å². The van der Waals surface area contributed by atoms with Crippen molar-refractivity contribution in [3.63, 3.8) is 0 Å². The average molecular weight is 453 g/mol. The molecule has 0 radical (unpaired) electrons. The van der Waals surface area contributed by atoms with Gasteiger partial charge in [-0.2, -0.15) is 0 Å². The van der Waals surface area contributed by atoms with Gasteiger partial charge >= 0.3 is 0 Å². The van der Waals surface area contributed by atoms with Crippen LogP contribution >= 0.6 is 0 Å². The molecule has 1 aromatic heterocycles. The number of nitrogens with zero attached hydrogens (tertiary/aromatic N) is 1. The van der Waals surface area contributed by atoms with Crippen LogP contribution < -0.4 is 10.2 Å². The monoisotopic (exact) mass is 453 g/mol. The second kappa shape index (κ2) is 8.47. The summed E-state index contributed by atoms with van der Waals surface area (Å²) in [6.45, 7) is 1.08. The van der Waals surface area contributed by atoms with Crippen LogP contribution in [0.2, 0.25) is 0 Å². The van der Waals surface area contributed by atoms with E-state index in [0.717, 1.165) is 18.4 Å². The maximum atomic E-state index is 13.6. The number of para-hydroxylation sites is 2. The fraction of sp³-hybridized carbons (Fsp3) is 0.214. The number of amides is 1. The van der Waals surface area contributed by atoms with Crippen molar-refractivity contribution in [2.75, 3.05) is 13.2 Å². The number of carbonyl (C=O) groups excluding carboxylic acids is 1. The molecule has 0 bridgehead atoms. The van der Waals surface area contributed by atoms with Crippen LogP contribution in [0.1, 0.15) is 40.6 Å². The fourth-order valence-electron chi connectivity index (χ4n) is 4.88. The van der Waals surface area contributed by atoms with Gasteiger partial charge in [0.2, 0.25) is 5.76 Å². The maximum Gasteiger partial charge on any atom is 0.291 e. The molecule has 4 aromatic rings. The molecule has 34 heavy (non-hydrogen) atoms. The van der Waals surface area contributed by atoms with Gasteiger partial charge in [-0.1, -0.05) is 42.5 Å². The lowest BCUT2D eigenvalue weighted by molar-refractivity contribution is 0.0486. The Morgan fingerprint density at radius 1 is 0.912 bits per heavy atom. The number of hydrogen-bond acceptors (Lipinski definition) is 5. The first kappa shape index (κ1) is 20.7. The Kier molecular flexibility index (Phi) is 5.15. The highest BCUT2D eigenvalue weighted by atomic mass is 16.5. The second-order valence-corrected chi connectivity index (χ2v) is 8.65. The molecule has 2 atom stereocenters. The molecular weight excluding hydrogens is 430 g/mol. The molecule has 3 heterocycles. The molecule has 170 valence electrons. The number of rotatable bonds is 5. The minimum atomic E-state index is -0.577. The summed E-state index contributed by atoms with van der Waals surface area (Å²) in [6, 6.07) is 23.5. The van der Waals surface area contributed by atoms with Gasteiger partial charge in [0.15, 0.2) is 5.43 Å². The minimum absolute atomic E-state index is 0.0611. The van der Waals surface area contributed by atoms with Gasteiger partial charge in [0, 0.05) is 13.2 Å². The fourth-order valence-corrected chi connectivity index (χ4v) is 4.88. The zero-order valence-electron chi connectivity index (χ0n) is 18.5. The van der Waals surface area contributed by atoms with E-state index in [1.807, 2.05) is 54.6 Å². The largest absolute Gasteiger partial charge is 0.457 e. The highest BCUT2D eigenvalue weighted by Gasteiger charge is 2.44. The number of hydrogen-bond donors (Lipinski definition) is 0. The number of ether oxygens (including phenoxy) is 2. The Labute approximate surface area is 196 Å². The third-order valence-electron chi connectivity index (χ3n) is 6.45. The van der Waals surface area contributed by atoms with Crippen LogP contribution in [0.15, 0.2) is 88.1 Å².